The predicted molar refractivity (Wildman–Crippen MR) is 139 cm³/mol. The van der Waals surface area contributed by atoms with Crippen LogP contribution in [-0.4, -0.2) is 15.3 Å². The molecule has 0 bridgehead atoms. The van der Waals surface area contributed by atoms with E-state index in [1.165, 1.54) is 0 Å². The van der Waals surface area contributed by atoms with Gasteiger partial charge in [0, 0.05) is 33.7 Å². The largest absolute Gasteiger partial charge is 0.507 e. The van der Waals surface area contributed by atoms with Gasteiger partial charge >= 0.3 is 0 Å². The Kier molecular flexibility index (Phi) is 7.50. The first-order valence-electron chi connectivity index (χ1n) is 11.9. The number of aromatic hydroxyl groups is 3. The minimum absolute atomic E-state index is 0.0661. The van der Waals surface area contributed by atoms with E-state index in [4.69, 9.17) is 4.74 Å². The van der Waals surface area contributed by atoms with Crippen LogP contribution < -0.4 is 4.74 Å². The minimum atomic E-state index is -0.351. The van der Waals surface area contributed by atoms with Crippen LogP contribution in [0.25, 0.3) is 0 Å². The highest BCUT2D eigenvalue weighted by atomic mass is 16.5. The fourth-order valence-corrected chi connectivity index (χ4v) is 4.32. The van der Waals surface area contributed by atoms with Crippen LogP contribution in [0.15, 0.2) is 54.2 Å². The Balaban J connectivity index is 2.07. The summed E-state index contributed by atoms with van der Waals surface area (Å²) in [5.74, 6) is 0.701. The maximum Gasteiger partial charge on any atom is 0.161 e. The molecule has 1 heterocycles. The lowest BCUT2D eigenvalue weighted by Crippen LogP contribution is -2.19. The third-order valence-corrected chi connectivity index (χ3v) is 6.61. The summed E-state index contributed by atoms with van der Waals surface area (Å²) in [6, 6.07) is 5.68. The zero-order valence-corrected chi connectivity index (χ0v) is 21.3. The lowest BCUT2D eigenvalue weighted by molar-refractivity contribution is 0.174. The van der Waals surface area contributed by atoms with E-state index in [2.05, 4.69) is 6.58 Å². The number of hydrogen-bond donors (Lipinski definition) is 3. The highest BCUT2D eigenvalue weighted by Gasteiger charge is 2.29. The van der Waals surface area contributed by atoms with Crippen molar-refractivity contribution in [3.63, 3.8) is 0 Å². The molecule has 0 fully saturated rings. The Morgan fingerprint density at radius 3 is 2.26 bits per heavy atom. The molecule has 4 heteroatoms. The maximum atomic E-state index is 11.0. The quantitative estimate of drug-likeness (QED) is 0.297. The third kappa shape index (κ3) is 5.32. The summed E-state index contributed by atoms with van der Waals surface area (Å²) in [4.78, 5) is 0. The number of benzene rings is 2. The average molecular weight is 463 g/mol. The molecule has 182 valence electrons. The molecule has 0 amide bonds. The molecule has 0 saturated carbocycles. The van der Waals surface area contributed by atoms with Crippen LogP contribution in [0.5, 0.6) is 23.0 Å². The Bertz CT molecular complexity index is 1140. The lowest BCUT2D eigenvalue weighted by Gasteiger charge is -2.31. The van der Waals surface area contributed by atoms with Crippen molar-refractivity contribution >= 4 is 0 Å². The molecule has 0 unspecified atom stereocenters. The second-order valence-electron chi connectivity index (χ2n) is 10.3. The van der Waals surface area contributed by atoms with Gasteiger partial charge in [0.05, 0.1) is 0 Å². The van der Waals surface area contributed by atoms with Crippen molar-refractivity contribution in [2.24, 2.45) is 0 Å². The van der Waals surface area contributed by atoms with E-state index in [0.29, 0.717) is 29.7 Å². The standard InChI is InChI=1S/C30H38O4/c1-8-30(6,7)24-16-20-12-14-26(34-27(20)17-25(24)31)23-15-21(11-9-18(2)3)28(32)29(33)22(23)13-10-19(4)5/h8-10,15-17,26,31-33H,1,11-14H2,2-7H3/t26-/m1/s1. The van der Waals surface area contributed by atoms with Gasteiger partial charge in [0.1, 0.15) is 17.6 Å². The molecular formula is C30H38O4. The summed E-state index contributed by atoms with van der Waals surface area (Å²) in [6.07, 6.45) is 8.18. The van der Waals surface area contributed by atoms with Gasteiger partial charge in [-0.1, -0.05) is 43.2 Å². The summed E-state index contributed by atoms with van der Waals surface area (Å²) in [7, 11) is 0. The normalized spacial score (nSPS) is 15.2. The zero-order chi connectivity index (χ0) is 25.2. The van der Waals surface area contributed by atoms with Crippen molar-refractivity contribution in [3.8, 4) is 23.0 Å². The first-order valence-corrected chi connectivity index (χ1v) is 11.9. The topological polar surface area (TPSA) is 69.9 Å². The Labute approximate surface area is 203 Å². The molecule has 2 aromatic rings. The second-order valence-corrected chi connectivity index (χ2v) is 10.3. The Hall–Kier alpha value is -3.14. The predicted octanol–water partition coefficient (Wildman–Crippen LogP) is 7.35. The Morgan fingerprint density at radius 2 is 1.65 bits per heavy atom. The van der Waals surface area contributed by atoms with Crippen molar-refractivity contribution in [2.75, 3.05) is 0 Å². The summed E-state index contributed by atoms with van der Waals surface area (Å²) < 4.78 is 6.41. The summed E-state index contributed by atoms with van der Waals surface area (Å²) >= 11 is 0. The first-order chi connectivity index (χ1) is 15.9. The maximum absolute atomic E-state index is 11.0. The molecule has 4 nitrogen and oxygen atoms in total. The second kappa shape index (κ2) is 10.0. The molecular weight excluding hydrogens is 424 g/mol. The number of aryl methyl sites for hydroxylation is 1. The number of hydrogen-bond acceptors (Lipinski definition) is 4. The number of phenols is 3. The van der Waals surface area contributed by atoms with Crippen LogP contribution in [0.4, 0.5) is 0 Å². The summed E-state index contributed by atoms with van der Waals surface area (Å²) in [6.45, 7) is 16.0. The third-order valence-electron chi connectivity index (χ3n) is 6.61. The number of fused-ring (bicyclic) bond motifs is 1. The van der Waals surface area contributed by atoms with Gasteiger partial charge in [0.2, 0.25) is 0 Å². The molecule has 0 radical (unpaired) electrons. The van der Waals surface area contributed by atoms with Gasteiger partial charge in [-0.25, -0.2) is 0 Å². The molecule has 0 aromatic heterocycles. The fourth-order valence-electron chi connectivity index (χ4n) is 4.32. The zero-order valence-electron chi connectivity index (χ0n) is 21.3. The molecule has 34 heavy (non-hydrogen) atoms. The summed E-state index contributed by atoms with van der Waals surface area (Å²) in [5.41, 5.74) is 6.05. The van der Waals surface area contributed by atoms with Gasteiger partial charge in [-0.3, -0.25) is 0 Å². The molecule has 0 saturated heterocycles. The van der Waals surface area contributed by atoms with Gasteiger partial charge in [-0.15, -0.1) is 6.58 Å². The van der Waals surface area contributed by atoms with E-state index in [0.717, 1.165) is 40.7 Å². The molecule has 3 rings (SSSR count). The smallest absolute Gasteiger partial charge is 0.161 e. The summed E-state index contributed by atoms with van der Waals surface area (Å²) in [5, 5.41) is 32.4. The number of allylic oxidation sites excluding steroid dienone is 5. The number of ether oxygens (including phenoxy) is 1. The average Bonchev–Trinajstić information content (AvgIpc) is 2.78. The van der Waals surface area contributed by atoms with Gasteiger partial charge < -0.3 is 20.1 Å². The van der Waals surface area contributed by atoms with Crippen molar-refractivity contribution in [3.05, 3.63) is 82.0 Å². The molecule has 1 aliphatic rings. The number of rotatable bonds is 7. The van der Waals surface area contributed by atoms with E-state index >= 15 is 0 Å². The van der Waals surface area contributed by atoms with E-state index in [1.807, 2.05) is 71.9 Å². The van der Waals surface area contributed by atoms with Crippen LogP contribution in [0.1, 0.15) is 81.9 Å². The van der Waals surface area contributed by atoms with E-state index < -0.39 is 0 Å². The van der Waals surface area contributed by atoms with Crippen LogP contribution in [0.2, 0.25) is 0 Å². The van der Waals surface area contributed by atoms with E-state index in [-0.39, 0.29) is 28.8 Å². The van der Waals surface area contributed by atoms with Crippen molar-refractivity contribution in [1.82, 2.24) is 0 Å². The molecule has 0 aliphatic carbocycles. The lowest BCUT2D eigenvalue weighted by atomic mass is 9.82. The van der Waals surface area contributed by atoms with Gasteiger partial charge in [-0.05, 0) is 71.1 Å². The van der Waals surface area contributed by atoms with Gasteiger partial charge in [-0.2, -0.15) is 0 Å². The highest BCUT2D eigenvalue weighted by molar-refractivity contribution is 5.57. The van der Waals surface area contributed by atoms with E-state index in [1.54, 1.807) is 6.07 Å². The SMILES string of the molecule is C=CC(C)(C)c1cc2c(cc1O)O[C@@H](c1cc(CC=C(C)C)c(O)c(O)c1CC=C(C)C)CC2. The molecule has 1 atom stereocenters. The molecule has 1 aliphatic heterocycles. The van der Waals surface area contributed by atoms with Crippen LogP contribution in [0, 0.1) is 0 Å². The van der Waals surface area contributed by atoms with Crippen molar-refractivity contribution in [1.29, 1.82) is 0 Å². The Morgan fingerprint density at radius 1 is 1.00 bits per heavy atom. The van der Waals surface area contributed by atoms with E-state index in [9.17, 15) is 15.3 Å². The molecule has 0 spiro atoms. The van der Waals surface area contributed by atoms with Crippen molar-refractivity contribution in [2.45, 2.75) is 78.7 Å². The van der Waals surface area contributed by atoms with Gasteiger partial charge in [0.25, 0.3) is 0 Å². The van der Waals surface area contributed by atoms with Crippen LogP contribution in [0.3, 0.4) is 0 Å². The minimum Gasteiger partial charge on any atom is -0.507 e. The monoisotopic (exact) mass is 462 g/mol. The molecule has 2 aromatic carbocycles. The highest BCUT2D eigenvalue weighted by Crippen LogP contribution is 2.45. The van der Waals surface area contributed by atoms with Crippen LogP contribution >= 0.6 is 0 Å². The fraction of sp³-hybridized carbons (Fsp3) is 0.400. The van der Waals surface area contributed by atoms with Gasteiger partial charge in [0.15, 0.2) is 11.5 Å². The first kappa shape index (κ1) is 25.5. The van der Waals surface area contributed by atoms with Crippen molar-refractivity contribution < 1.29 is 20.1 Å². The number of phenolic OH excluding ortho intramolecular Hbond substituents is 3. The van der Waals surface area contributed by atoms with Crippen LogP contribution in [-0.2, 0) is 24.7 Å². The molecule has 3 N–H and O–H groups in total.